The Morgan fingerprint density at radius 2 is 1.71 bits per heavy atom. The number of hydrogen-bond donors (Lipinski definition) is 4. The molecule has 0 aromatic heterocycles. The number of aliphatic hydroxyl groups excluding tert-OH is 1. The average molecular weight is 965 g/mol. The van der Waals surface area contributed by atoms with Crippen LogP contribution in [0.5, 0.6) is 11.5 Å². The summed E-state index contributed by atoms with van der Waals surface area (Å²) in [6.07, 6.45) is 26.5. The summed E-state index contributed by atoms with van der Waals surface area (Å²) >= 11 is 0. The molecule has 5 saturated carbocycles. The number of aliphatic hydroxyl groups is 1. The van der Waals surface area contributed by atoms with Gasteiger partial charge in [0.15, 0.2) is 17.5 Å². The highest BCUT2D eigenvalue weighted by Crippen LogP contribution is 2.65. The molecule has 4 spiro atoms. The number of ether oxygens (including phenoxy) is 2. The zero-order valence-corrected chi connectivity index (χ0v) is 42.1. The van der Waals surface area contributed by atoms with Gasteiger partial charge in [-0.15, -0.1) is 0 Å². The summed E-state index contributed by atoms with van der Waals surface area (Å²) in [6, 6.07) is 12.9. The summed E-state index contributed by atoms with van der Waals surface area (Å²) in [5, 5.41) is 28.6. The first-order valence-electron chi connectivity index (χ1n) is 26.8. The molecule has 68 heavy (non-hydrogen) atoms. The van der Waals surface area contributed by atoms with Gasteiger partial charge in [0, 0.05) is 78.4 Å². The predicted octanol–water partition coefficient (Wildman–Crippen LogP) is 11.0. The van der Waals surface area contributed by atoms with Gasteiger partial charge in [-0.2, -0.15) is 0 Å². The second-order valence-corrected chi connectivity index (χ2v) is 25.9. The van der Waals surface area contributed by atoms with Crippen LogP contribution in [0.4, 0.5) is 0 Å². The van der Waals surface area contributed by atoms with Gasteiger partial charge in [-0.1, -0.05) is 70.8 Å². The molecular formula is C56H76N4O6S2. The number of rotatable bonds is 2. The van der Waals surface area contributed by atoms with Crippen molar-refractivity contribution in [1.82, 2.24) is 10.2 Å². The lowest BCUT2D eigenvalue weighted by Gasteiger charge is -2.45. The molecule has 1 amide bonds. The van der Waals surface area contributed by atoms with E-state index in [-0.39, 0.29) is 57.6 Å². The van der Waals surface area contributed by atoms with Gasteiger partial charge < -0.3 is 35.6 Å². The Hall–Kier alpha value is -3.35. The Labute approximate surface area is 412 Å². The second-order valence-electron chi connectivity index (χ2n) is 23.1. The van der Waals surface area contributed by atoms with E-state index in [1.165, 1.54) is 76.7 Å². The average Bonchev–Trinajstić information content (AvgIpc) is 4.15. The molecule has 0 unspecified atom stereocenters. The summed E-state index contributed by atoms with van der Waals surface area (Å²) < 4.78 is 13.1. The zero-order chi connectivity index (χ0) is 46.7. The van der Waals surface area contributed by atoms with E-state index in [2.05, 4.69) is 75.5 Å². The van der Waals surface area contributed by atoms with E-state index >= 15 is 0 Å². The number of hydrogen-bond acceptors (Lipinski definition) is 11. The smallest absolute Gasteiger partial charge is 0.302 e. The van der Waals surface area contributed by atoms with E-state index in [9.17, 15) is 19.8 Å². The molecule has 8 bridgehead atoms. The van der Waals surface area contributed by atoms with Crippen LogP contribution in [0.15, 0.2) is 53.5 Å². The van der Waals surface area contributed by atoms with Crippen LogP contribution in [-0.4, -0.2) is 74.0 Å². The number of allylic oxidation sites excluding steroid dienone is 1. The van der Waals surface area contributed by atoms with Crippen LogP contribution < -0.4 is 15.8 Å². The number of esters is 1. The minimum absolute atomic E-state index is 0.0983. The van der Waals surface area contributed by atoms with Crippen LogP contribution in [0, 0.1) is 28.6 Å². The summed E-state index contributed by atoms with van der Waals surface area (Å²) in [6.45, 7) is 2.90. The Morgan fingerprint density at radius 3 is 2.51 bits per heavy atom. The second kappa shape index (κ2) is 19.0. The highest BCUT2D eigenvalue weighted by atomic mass is 33.1. The number of carbonyl (C=O) groups excluding carboxylic acids is 2. The molecule has 10 nitrogen and oxygen atoms in total. The van der Waals surface area contributed by atoms with Crippen molar-refractivity contribution in [3.05, 3.63) is 70.8 Å². The molecule has 13 rings (SSSR count). The monoisotopic (exact) mass is 965 g/mol. The number of guanidine groups is 1. The van der Waals surface area contributed by atoms with Gasteiger partial charge in [0.25, 0.3) is 0 Å². The van der Waals surface area contributed by atoms with Crippen molar-refractivity contribution in [2.24, 2.45) is 39.3 Å². The molecule has 11 aliphatic rings. The minimum atomic E-state index is -0.566. The maximum absolute atomic E-state index is 14.7. The number of nitrogens with two attached hydrogens (primary N) is 1. The highest BCUT2D eigenvalue weighted by molar-refractivity contribution is 8.77. The third-order valence-corrected chi connectivity index (χ3v) is 23.1. The molecule has 12 heteroatoms. The number of nitrogens with one attached hydrogen (secondary N) is 1. The van der Waals surface area contributed by atoms with E-state index in [0.717, 1.165) is 62.5 Å². The quantitative estimate of drug-likeness (QED) is 0.130. The Morgan fingerprint density at radius 1 is 0.912 bits per heavy atom. The molecule has 9 atom stereocenters. The topological polar surface area (TPSA) is 147 Å². The standard InChI is InChI=1S/C56H76N4O6S2/c1-36(61)65-45-18-15-39-29-41(50(64)51-49(39)40-22-28-55(66-51)26-7-11-42(55)30-40)34-60-35-54(32-48(60)63)43(16-21-47(54)38-9-3-2-4-10-38)33-58-52(57)59-56(27-8-25-53(56)23-5-6-24-53)68-67-46-19-13-37(14-20-46)12-17-44(62)31-45/h2-4,9-10,22,28-29,37,40,42-47,62,64H,5-8,11-21,23-27,30-35H2,1H3,(H3,57,58,59)/t37?,40-,42-,43+,44-,45+,46?,47+,54-,55+,56-/m0/s1. The number of aryl methyl sites for hydroxylation is 1. The fraction of sp³-hybridized carbons (Fsp3) is 0.696. The van der Waals surface area contributed by atoms with Crippen LogP contribution in [-0.2, 0) is 27.3 Å². The first kappa shape index (κ1) is 47.0. The van der Waals surface area contributed by atoms with E-state index in [1.807, 2.05) is 4.90 Å². The fourth-order valence-electron chi connectivity index (χ4n) is 15.8. The number of fused-ring (bicyclic) bond motifs is 11. The van der Waals surface area contributed by atoms with Crippen LogP contribution >= 0.6 is 21.6 Å². The van der Waals surface area contributed by atoms with Crippen molar-refractivity contribution < 1.29 is 29.3 Å². The molecule has 5 heterocycles. The SMILES string of the molecule is CC(=O)O[C@@H]1CCc2cc(c(O)c3c2[C@H]2C=C[C@@]4(CCC[C@H]4C2)O3)CN2C[C@@]3(CC2=O)[C@H](CC[C@@H]3c2ccccc2)CN=C(N)N[C@@]2(CCCC23CCCC3)SSC2CCC(CC2)CC[C@H](O)C1. The molecule has 1 saturated heterocycles. The third-order valence-electron chi connectivity index (χ3n) is 19.3. The third kappa shape index (κ3) is 8.68. The van der Waals surface area contributed by atoms with Gasteiger partial charge in [0.1, 0.15) is 16.6 Å². The molecule has 5 N–H and O–H groups in total. The first-order chi connectivity index (χ1) is 33.0. The van der Waals surface area contributed by atoms with Gasteiger partial charge in [-0.05, 0) is 163 Å². The Bertz CT molecular complexity index is 2260. The largest absolute Gasteiger partial charge is 0.504 e. The van der Waals surface area contributed by atoms with Crippen LogP contribution in [0.3, 0.4) is 0 Å². The number of aromatic hydroxyl groups is 1. The molecule has 6 aliphatic carbocycles. The molecule has 2 aromatic rings. The molecule has 6 fully saturated rings. The lowest BCUT2D eigenvalue weighted by Crippen LogP contribution is -2.56. The number of carbonyl (C=O) groups is 2. The van der Waals surface area contributed by atoms with Crippen molar-refractivity contribution in [1.29, 1.82) is 0 Å². The number of phenols is 1. The van der Waals surface area contributed by atoms with E-state index < -0.39 is 17.8 Å². The maximum Gasteiger partial charge on any atom is 0.302 e. The molecule has 368 valence electrons. The fourth-order valence-corrected chi connectivity index (χ4v) is 19.8. The molecule has 0 radical (unpaired) electrons. The number of nitrogens with zero attached hydrogens (tertiary/aromatic N) is 2. The van der Waals surface area contributed by atoms with Crippen molar-refractivity contribution in [2.45, 2.75) is 201 Å². The number of phenolic OH excluding ortho intramolecular Hbond substituents is 1. The lowest BCUT2D eigenvalue weighted by atomic mass is 9.68. The Kier molecular flexibility index (Phi) is 13.1. The van der Waals surface area contributed by atoms with Crippen molar-refractivity contribution in [3.63, 3.8) is 0 Å². The number of benzene rings is 2. The van der Waals surface area contributed by atoms with Gasteiger partial charge in [-0.25, -0.2) is 0 Å². The van der Waals surface area contributed by atoms with Gasteiger partial charge >= 0.3 is 5.97 Å². The Balaban J connectivity index is 0.952. The summed E-state index contributed by atoms with van der Waals surface area (Å²) in [5.74, 6) is 2.46. The van der Waals surface area contributed by atoms with Gasteiger partial charge in [-0.3, -0.25) is 14.6 Å². The first-order valence-corrected chi connectivity index (χ1v) is 29.0. The van der Waals surface area contributed by atoms with E-state index in [0.29, 0.717) is 79.6 Å². The summed E-state index contributed by atoms with van der Waals surface area (Å²) in [7, 11) is 4.17. The van der Waals surface area contributed by atoms with Crippen molar-refractivity contribution >= 4 is 39.4 Å². The number of aliphatic imine (C=N–C) groups is 1. The van der Waals surface area contributed by atoms with Crippen molar-refractivity contribution in [3.8, 4) is 11.5 Å². The van der Waals surface area contributed by atoms with Gasteiger partial charge in [0.05, 0.1) is 6.10 Å². The molecule has 2 aromatic carbocycles. The number of amides is 1. The normalized spacial score (nSPS) is 38.1. The van der Waals surface area contributed by atoms with Crippen LogP contribution in [0.2, 0.25) is 0 Å². The maximum atomic E-state index is 14.7. The summed E-state index contributed by atoms with van der Waals surface area (Å²) in [4.78, 5) is 34.5. The van der Waals surface area contributed by atoms with Crippen molar-refractivity contribution in [2.75, 3.05) is 13.1 Å². The van der Waals surface area contributed by atoms with Crippen LogP contribution in [0.1, 0.15) is 182 Å². The molecular weight excluding hydrogens is 889 g/mol. The predicted molar refractivity (Wildman–Crippen MR) is 271 cm³/mol. The lowest BCUT2D eigenvalue weighted by molar-refractivity contribution is -0.148. The summed E-state index contributed by atoms with van der Waals surface area (Å²) in [5.41, 5.74) is 10.6. The van der Waals surface area contributed by atoms with Crippen LogP contribution in [0.25, 0.3) is 0 Å². The van der Waals surface area contributed by atoms with E-state index in [1.54, 1.807) is 0 Å². The van der Waals surface area contributed by atoms with Gasteiger partial charge in [0.2, 0.25) is 5.91 Å². The minimum Gasteiger partial charge on any atom is -0.504 e. The zero-order valence-electron chi connectivity index (χ0n) is 40.4. The molecule has 5 aliphatic heterocycles. The highest BCUT2D eigenvalue weighted by Gasteiger charge is 2.59. The van der Waals surface area contributed by atoms with E-state index in [4.69, 9.17) is 20.2 Å².